The lowest BCUT2D eigenvalue weighted by atomic mass is 10.1. The minimum atomic E-state index is -0.365. The number of anilines is 1. The summed E-state index contributed by atoms with van der Waals surface area (Å²) in [5.41, 5.74) is 5.49. The van der Waals surface area contributed by atoms with Crippen LogP contribution in [-0.4, -0.2) is 43.2 Å². The van der Waals surface area contributed by atoms with E-state index in [1.165, 1.54) is 6.20 Å². The van der Waals surface area contributed by atoms with E-state index in [-0.39, 0.29) is 5.82 Å². The Morgan fingerprint density at radius 3 is 2.73 bits per heavy atom. The van der Waals surface area contributed by atoms with Crippen molar-refractivity contribution in [2.24, 2.45) is 7.05 Å². The van der Waals surface area contributed by atoms with Gasteiger partial charge in [0.15, 0.2) is 5.82 Å². The van der Waals surface area contributed by atoms with Crippen LogP contribution in [-0.2, 0) is 7.05 Å². The highest BCUT2D eigenvalue weighted by Crippen LogP contribution is 2.32. The van der Waals surface area contributed by atoms with Gasteiger partial charge >= 0.3 is 0 Å². The molecule has 5 rings (SSSR count). The molecule has 0 radical (unpaired) electrons. The number of pyridine rings is 1. The zero-order chi connectivity index (χ0) is 21.0. The number of rotatable bonds is 3. The summed E-state index contributed by atoms with van der Waals surface area (Å²) in [6.07, 6.45) is 6.58. The smallest absolute Gasteiger partial charge is 0.238 e. The Morgan fingerprint density at radius 2 is 1.93 bits per heavy atom. The molecule has 5 aromatic rings. The van der Waals surface area contributed by atoms with Crippen LogP contribution in [0.4, 0.5) is 10.1 Å². The van der Waals surface area contributed by atoms with Gasteiger partial charge < -0.3 is 9.47 Å². The van der Waals surface area contributed by atoms with Crippen LogP contribution >= 0.6 is 0 Å². The highest BCUT2D eigenvalue weighted by molar-refractivity contribution is 5.93. The molecule has 7 nitrogen and oxygen atoms in total. The zero-order valence-electron chi connectivity index (χ0n) is 17.1. The van der Waals surface area contributed by atoms with E-state index in [0.29, 0.717) is 22.7 Å². The van der Waals surface area contributed by atoms with Gasteiger partial charge in [0, 0.05) is 39.1 Å². The first-order chi connectivity index (χ1) is 14.4. The second kappa shape index (κ2) is 6.62. The molecule has 4 heterocycles. The number of benzene rings is 1. The van der Waals surface area contributed by atoms with Gasteiger partial charge in [-0.1, -0.05) is 12.1 Å². The lowest BCUT2D eigenvalue weighted by molar-refractivity contribution is 0.633. The second-order valence-electron chi connectivity index (χ2n) is 7.54. The van der Waals surface area contributed by atoms with Crippen molar-refractivity contribution in [1.29, 1.82) is 0 Å². The van der Waals surface area contributed by atoms with Crippen molar-refractivity contribution in [2.45, 2.75) is 6.92 Å². The summed E-state index contributed by atoms with van der Waals surface area (Å²) < 4.78 is 18.3. The Balaban J connectivity index is 1.83. The molecule has 0 atom stereocenters. The summed E-state index contributed by atoms with van der Waals surface area (Å²) in [6, 6.07) is 7.91. The fourth-order valence-electron chi connectivity index (χ4n) is 3.67. The number of aryl methyl sites for hydroxylation is 2. The van der Waals surface area contributed by atoms with Gasteiger partial charge in [-0.05, 0) is 24.6 Å². The summed E-state index contributed by atoms with van der Waals surface area (Å²) >= 11 is 0. The van der Waals surface area contributed by atoms with Crippen molar-refractivity contribution >= 4 is 27.8 Å². The van der Waals surface area contributed by atoms with Crippen molar-refractivity contribution in [1.82, 2.24) is 29.1 Å². The topological polar surface area (TPSA) is 64.7 Å². The van der Waals surface area contributed by atoms with Gasteiger partial charge in [-0.25, -0.2) is 14.4 Å². The van der Waals surface area contributed by atoms with Crippen LogP contribution < -0.4 is 4.90 Å². The summed E-state index contributed by atoms with van der Waals surface area (Å²) in [7, 11) is 5.65. The normalized spacial score (nSPS) is 11.5. The van der Waals surface area contributed by atoms with Gasteiger partial charge in [-0.15, -0.1) is 0 Å². The Labute approximate surface area is 172 Å². The van der Waals surface area contributed by atoms with Crippen LogP contribution in [0.3, 0.4) is 0 Å². The van der Waals surface area contributed by atoms with Gasteiger partial charge in [0.1, 0.15) is 12.0 Å². The summed E-state index contributed by atoms with van der Waals surface area (Å²) in [4.78, 5) is 20.2. The maximum absolute atomic E-state index is 14.8. The average molecular weight is 401 g/mol. The summed E-state index contributed by atoms with van der Waals surface area (Å²) in [5, 5.41) is 0.375. The highest BCUT2D eigenvalue weighted by atomic mass is 19.1. The third-order valence-corrected chi connectivity index (χ3v) is 5.27. The Hall–Kier alpha value is -3.81. The number of fused-ring (bicyclic) bond motifs is 2. The fraction of sp³-hybridized carbons (Fsp3) is 0.182. The highest BCUT2D eigenvalue weighted by Gasteiger charge is 2.20. The fourth-order valence-corrected chi connectivity index (χ4v) is 3.67. The van der Waals surface area contributed by atoms with E-state index >= 15 is 0 Å². The van der Waals surface area contributed by atoms with Gasteiger partial charge in [-0.2, -0.15) is 4.98 Å². The molecule has 0 aliphatic rings. The van der Waals surface area contributed by atoms with E-state index in [2.05, 4.69) is 15.0 Å². The second-order valence-corrected chi connectivity index (χ2v) is 7.54. The van der Waals surface area contributed by atoms with Crippen LogP contribution in [0.1, 0.15) is 5.56 Å². The van der Waals surface area contributed by atoms with Crippen molar-refractivity contribution in [2.75, 3.05) is 19.0 Å². The molecule has 0 amide bonds. The third kappa shape index (κ3) is 2.72. The van der Waals surface area contributed by atoms with Gasteiger partial charge in [0.05, 0.1) is 34.0 Å². The molecule has 0 unspecified atom stereocenters. The van der Waals surface area contributed by atoms with Crippen LogP contribution in [0.15, 0.2) is 49.2 Å². The molecule has 0 saturated carbocycles. The van der Waals surface area contributed by atoms with Crippen molar-refractivity contribution < 1.29 is 4.39 Å². The van der Waals surface area contributed by atoms with E-state index in [4.69, 9.17) is 4.98 Å². The molecule has 0 saturated heterocycles. The standard InChI is InChI=1S/C22H20FN7/c1-13-6-5-7-17-19(13)25-12-30(17)22-26-20(14-8-15(28(2)3)10-24-9-14)18-16(23)11-29(4)21(18)27-22/h5-12H,1-4H3. The molecule has 0 N–H and O–H groups in total. The minimum absolute atomic E-state index is 0.365. The van der Waals surface area contributed by atoms with E-state index < -0.39 is 0 Å². The Morgan fingerprint density at radius 1 is 1.10 bits per heavy atom. The average Bonchev–Trinajstić information content (AvgIpc) is 3.29. The van der Waals surface area contributed by atoms with Crippen molar-refractivity contribution in [3.05, 3.63) is 60.6 Å². The molecule has 4 aromatic heterocycles. The lowest BCUT2D eigenvalue weighted by Crippen LogP contribution is -2.09. The quantitative estimate of drug-likeness (QED) is 0.459. The monoisotopic (exact) mass is 401 g/mol. The van der Waals surface area contributed by atoms with E-state index in [9.17, 15) is 4.39 Å². The number of aromatic nitrogens is 6. The molecule has 0 aliphatic heterocycles. The van der Waals surface area contributed by atoms with Crippen LogP contribution in [0.5, 0.6) is 0 Å². The number of hydrogen-bond acceptors (Lipinski definition) is 5. The molecule has 30 heavy (non-hydrogen) atoms. The van der Waals surface area contributed by atoms with E-state index in [1.807, 2.05) is 54.8 Å². The predicted octanol–water partition coefficient (Wildman–Crippen LogP) is 3.88. The molecule has 1 aromatic carbocycles. The molecule has 150 valence electrons. The summed E-state index contributed by atoms with van der Waals surface area (Å²) in [5.74, 6) is 0.0673. The van der Waals surface area contributed by atoms with E-state index in [1.54, 1.807) is 30.3 Å². The predicted molar refractivity (Wildman–Crippen MR) is 115 cm³/mol. The largest absolute Gasteiger partial charge is 0.376 e. The SMILES string of the molecule is Cc1cccc2c1ncn2-c1nc(-c2cncc(N(C)C)c2)c2c(F)cn(C)c2n1. The third-order valence-electron chi connectivity index (χ3n) is 5.27. The van der Waals surface area contributed by atoms with Crippen LogP contribution in [0.25, 0.3) is 39.3 Å². The first-order valence-electron chi connectivity index (χ1n) is 9.52. The molecular weight excluding hydrogens is 381 g/mol. The number of para-hydroxylation sites is 1. The minimum Gasteiger partial charge on any atom is -0.376 e. The Kier molecular flexibility index (Phi) is 4.02. The van der Waals surface area contributed by atoms with Crippen molar-refractivity contribution in [3.8, 4) is 17.2 Å². The lowest BCUT2D eigenvalue weighted by Gasteiger charge is -2.14. The van der Waals surface area contributed by atoms with Gasteiger partial charge in [0.25, 0.3) is 0 Å². The molecule has 0 bridgehead atoms. The number of imidazole rings is 1. The van der Waals surface area contributed by atoms with Crippen LogP contribution in [0.2, 0.25) is 0 Å². The maximum Gasteiger partial charge on any atom is 0.238 e. The van der Waals surface area contributed by atoms with E-state index in [0.717, 1.165) is 27.8 Å². The number of nitrogens with zero attached hydrogens (tertiary/aromatic N) is 7. The first-order valence-corrected chi connectivity index (χ1v) is 9.52. The van der Waals surface area contributed by atoms with Crippen LogP contribution in [0, 0.1) is 12.7 Å². The first kappa shape index (κ1) is 18.2. The van der Waals surface area contributed by atoms with Gasteiger partial charge in [-0.3, -0.25) is 9.55 Å². The molecule has 8 heteroatoms. The number of halogens is 1. The molecule has 0 spiro atoms. The summed E-state index contributed by atoms with van der Waals surface area (Å²) in [6.45, 7) is 2.01. The Bertz CT molecular complexity index is 1410. The molecular formula is C22H20FN7. The zero-order valence-corrected chi connectivity index (χ0v) is 17.1. The number of hydrogen-bond donors (Lipinski definition) is 0. The molecule has 0 aliphatic carbocycles. The molecule has 0 fully saturated rings. The van der Waals surface area contributed by atoms with Crippen molar-refractivity contribution in [3.63, 3.8) is 0 Å². The maximum atomic E-state index is 14.8. The van der Waals surface area contributed by atoms with Gasteiger partial charge in [0.2, 0.25) is 5.95 Å².